The second-order valence-corrected chi connectivity index (χ2v) is 12.0. The number of fused-ring (bicyclic) bond motifs is 2. The molecule has 3 heterocycles. The number of unbranched alkanes of at least 4 members (excludes halogenated alkanes) is 6. The summed E-state index contributed by atoms with van der Waals surface area (Å²) in [6, 6.07) is 6.06. The quantitative estimate of drug-likeness (QED) is 0.134. The molecule has 4 nitrogen and oxygen atoms in total. The van der Waals surface area contributed by atoms with Crippen molar-refractivity contribution in [3.63, 3.8) is 0 Å². The Balaban J connectivity index is 1.50. The predicted molar refractivity (Wildman–Crippen MR) is 152 cm³/mol. The monoisotopic (exact) mass is 513 g/mol. The number of likely N-dealkylation sites (tertiary alicyclic amines) is 1. The minimum Gasteiger partial charge on any atom is -0.481 e. The van der Waals surface area contributed by atoms with Crippen molar-refractivity contribution in [2.75, 3.05) is 25.4 Å². The van der Waals surface area contributed by atoms with E-state index in [0.29, 0.717) is 12.2 Å². The maximum atomic E-state index is 12.8. The highest BCUT2D eigenvalue weighted by Crippen LogP contribution is 2.56. The Bertz CT molecular complexity index is 878. The van der Waals surface area contributed by atoms with E-state index in [1.54, 1.807) is 0 Å². The molecule has 1 aromatic rings. The molecule has 0 aromatic heterocycles. The van der Waals surface area contributed by atoms with Crippen LogP contribution in [0.3, 0.4) is 0 Å². The molecule has 0 atom stereocenters. The van der Waals surface area contributed by atoms with Crippen LogP contribution in [0.5, 0.6) is 11.5 Å². The van der Waals surface area contributed by atoms with Gasteiger partial charge in [0.05, 0.1) is 5.56 Å². The molecule has 0 amide bonds. The fraction of sp³-hybridized carbons (Fsp3) is 0.710. The van der Waals surface area contributed by atoms with Crippen LogP contribution in [-0.2, 0) is 4.79 Å². The average molecular weight is 514 g/mol. The SMILES string of the molecule is CCCCCCC1(CCCCCC)Oc2cccc(OC(=O)CCCN3CCCC3)c2C2=C1SCC2. The summed E-state index contributed by atoms with van der Waals surface area (Å²) in [7, 11) is 0. The summed E-state index contributed by atoms with van der Waals surface area (Å²) in [5.74, 6) is 2.59. The third-order valence-corrected chi connectivity index (χ3v) is 9.34. The molecule has 3 aliphatic rings. The second-order valence-electron chi connectivity index (χ2n) is 10.9. The van der Waals surface area contributed by atoms with E-state index >= 15 is 0 Å². The van der Waals surface area contributed by atoms with Gasteiger partial charge in [0.25, 0.3) is 0 Å². The Morgan fingerprint density at radius 2 is 1.72 bits per heavy atom. The van der Waals surface area contributed by atoms with Gasteiger partial charge in [0.2, 0.25) is 0 Å². The Kier molecular flexibility index (Phi) is 10.6. The van der Waals surface area contributed by atoms with E-state index in [1.165, 1.54) is 87.8 Å². The molecule has 0 aliphatic carbocycles. The van der Waals surface area contributed by atoms with Crippen LogP contribution in [0.2, 0.25) is 0 Å². The van der Waals surface area contributed by atoms with Gasteiger partial charge in [-0.1, -0.05) is 58.4 Å². The van der Waals surface area contributed by atoms with Gasteiger partial charge in [0.1, 0.15) is 17.1 Å². The van der Waals surface area contributed by atoms with Gasteiger partial charge < -0.3 is 14.4 Å². The van der Waals surface area contributed by atoms with Crippen LogP contribution in [-0.4, -0.2) is 41.9 Å². The molecule has 5 heteroatoms. The largest absolute Gasteiger partial charge is 0.481 e. The zero-order valence-electron chi connectivity index (χ0n) is 22.7. The van der Waals surface area contributed by atoms with Crippen molar-refractivity contribution in [1.29, 1.82) is 0 Å². The second kappa shape index (κ2) is 13.9. The molecule has 36 heavy (non-hydrogen) atoms. The van der Waals surface area contributed by atoms with Crippen LogP contribution in [0.1, 0.15) is 116 Å². The van der Waals surface area contributed by atoms with E-state index in [9.17, 15) is 4.79 Å². The Labute approximate surface area is 223 Å². The zero-order chi connectivity index (χ0) is 25.2. The van der Waals surface area contributed by atoms with Crippen molar-refractivity contribution >= 4 is 23.3 Å². The van der Waals surface area contributed by atoms with Gasteiger partial charge in [0, 0.05) is 17.1 Å². The molecular formula is C31H47NO3S. The summed E-state index contributed by atoms with van der Waals surface area (Å²) < 4.78 is 13.0. The highest BCUT2D eigenvalue weighted by atomic mass is 32.2. The Morgan fingerprint density at radius 1 is 1.00 bits per heavy atom. The van der Waals surface area contributed by atoms with Gasteiger partial charge in [-0.3, -0.25) is 4.79 Å². The van der Waals surface area contributed by atoms with Crippen molar-refractivity contribution in [3.8, 4) is 11.5 Å². The van der Waals surface area contributed by atoms with Crippen LogP contribution in [0, 0.1) is 0 Å². The van der Waals surface area contributed by atoms with E-state index in [1.807, 2.05) is 23.9 Å². The van der Waals surface area contributed by atoms with Gasteiger partial charge in [0.15, 0.2) is 0 Å². The summed E-state index contributed by atoms with van der Waals surface area (Å²) >= 11 is 1.99. The average Bonchev–Trinajstić information content (AvgIpc) is 3.58. The van der Waals surface area contributed by atoms with Crippen LogP contribution in [0.4, 0.5) is 0 Å². The van der Waals surface area contributed by atoms with Crippen molar-refractivity contribution < 1.29 is 14.3 Å². The molecular weight excluding hydrogens is 466 g/mol. The summed E-state index contributed by atoms with van der Waals surface area (Å²) in [6.45, 7) is 7.89. The fourth-order valence-electron chi connectivity index (χ4n) is 6.09. The summed E-state index contributed by atoms with van der Waals surface area (Å²) in [6.07, 6.45) is 17.2. The lowest BCUT2D eigenvalue weighted by Crippen LogP contribution is -2.40. The first-order chi connectivity index (χ1) is 17.7. The topological polar surface area (TPSA) is 38.8 Å². The van der Waals surface area contributed by atoms with Crippen LogP contribution >= 0.6 is 11.8 Å². The van der Waals surface area contributed by atoms with E-state index in [2.05, 4.69) is 24.8 Å². The third kappa shape index (κ3) is 6.89. The minimum absolute atomic E-state index is 0.119. The molecule has 1 fully saturated rings. The standard InChI is InChI=1S/C31H47NO3S/c1-3-5-7-9-19-31(20-10-8-6-4-2)30-25(18-24-36-30)29-26(15-13-16-27(29)35-31)34-28(33)17-14-23-32-21-11-12-22-32/h13,15-16H,3-12,14,17-24H2,1-2H3. The molecule has 200 valence electrons. The summed E-state index contributed by atoms with van der Waals surface area (Å²) in [4.78, 5) is 16.7. The first kappa shape index (κ1) is 27.6. The van der Waals surface area contributed by atoms with Gasteiger partial charge in [-0.2, -0.15) is 0 Å². The molecule has 1 saturated heterocycles. The lowest BCUT2D eigenvalue weighted by molar-refractivity contribution is -0.134. The molecule has 0 bridgehead atoms. The fourth-order valence-corrected chi connectivity index (χ4v) is 7.49. The molecule has 0 N–H and O–H groups in total. The zero-order valence-corrected chi connectivity index (χ0v) is 23.6. The number of ether oxygens (including phenoxy) is 2. The number of carbonyl (C=O) groups excluding carboxylic acids is 1. The number of benzene rings is 1. The third-order valence-electron chi connectivity index (χ3n) is 8.03. The summed E-state index contributed by atoms with van der Waals surface area (Å²) in [5.41, 5.74) is 2.22. The first-order valence-corrected chi connectivity index (χ1v) is 15.8. The number of carbonyl (C=O) groups is 1. The number of nitrogens with zero attached hydrogens (tertiary/aromatic N) is 1. The highest BCUT2D eigenvalue weighted by Gasteiger charge is 2.45. The number of allylic oxidation sites excluding steroid dienone is 1. The normalized spacial score (nSPS) is 18.7. The smallest absolute Gasteiger partial charge is 0.311 e. The number of hydrogen-bond donors (Lipinski definition) is 0. The Morgan fingerprint density at radius 3 is 2.42 bits per heavy atom. The van der Waals surface area contributed by atoms with Gasteiger partial charge >= 0.3 is 5.97 Å². The van der Waals surface area contributed by atoms with Crippen molar-refractivity contribution in [3.05, 3.63) is 28.7 Å². The van der Waals surface area contributed by atoms with Gasteiger partial charge in [-0.05, 0) is 88.7 Å². The van der Waals surface area contributed by atoms with E-state index in [-0.39, 0.29) is 11.6 Å². The minimum atomic E-state index is -0.205. The molecule has 0 radical (unpaired) electrons. The van der Waals surface area contributed by atoms with E-state index < -0.39 is 0 Å². The molecule has 4 rings (SSSR count). The van der Waals surface area contributed by atoms with Crippen LogP contribution in [0.25, 0.3) is 5.57 Å². The molecule has 0 unspecified atom stereocenters. The Hall–Kier alpha value is -1.46. The van der Waals surface area contributed by atoms with E-state index in [4.69, 9.17) is 9.47 Å². The summed E-state index contributed by atoms with van der Waals surface area (Å²) in [5, 5.41) is 0. The molecule has 1 aromatic carbocycles. The lowest BCUT2D eigenvalue weighted by atomic mass is 9.83. The van der Waals surface area contributed by atoms with E-state index in [0.717, 1.165) is 49.3 Å². The lowest BCUT2D eigenvalue weighted by Gasteiger charge is -2.41. The van der Waals surface area contributed by atoms with Gasteiger partial charge in [-0.25, -0.2) is 0 Å². The predicted octanol–water partition coefficient (Wildman–Crippen LogP) is 8.39. The van der Waals surface area contributed by atoms with Crippen molar-refractivity contribution in [2.45, 2.75) is 116 Å². The first-order valence-electron chi connectivity index (χ1n) is 14.8. The molecule has 0 spiro atoms. The van der Waals surface area contributed by atoms with Crippen molar-refractivity contribution in [1.82, 2.24) is 4.90 Å². The number of esters is 1. The highest BCUT2D eigenvalue weighted by molar-refractivity contribution is 8.03. The maximum Gasteiger partial charge on any atom is 0.311 e. The number of rotatable bonds is 15. The van der Waals surface area contributed by atoms with Gasteiger partial charge in [-0.15, -0.1) is 11.8 Å². The number of thioether (sulfide) groups is 1. The van der Waals surface area contributed by atoms with Crippen LogP contribution in [0.15, 0.2) is 23.1 Å². The van der Waals surface area contributed by atoms with Crippen LogP contribution < -0.4 is 9.47 Å². The van der Waals surface area contributed by atoms with Crippen molar-refractivity contribution in [2.24, 2.45) is 0 Å². The number of hydrogen-bond acceptors (Lipinski definition) is 5. The molecule has 3 aliphatic heterocycles. The molecule has 0 saturated carbocycles. The maximum absolute atomic E-state index is 12.8.